The molecule has 2 N–H and O–H groups in total. The molecule has 27 heavy (non-hydrogen) atoms. The Bertz CT molecular complexity index is 1070. The minimum absolute atomic E-state index is 0.212. The summed E-state index contributed by atoms with van der Waals surface area (Å²) in [6.45, 7) is 1.68. The first-order valence-electron chi connectivity index (χ1n) is 7.58. The number of carbonyl (C=O) groups excluding carboxylic acids is 1. The second-order valence-electron chi connectivity index (χ2n) is 5.45. The Labute approximate surface area is 168 Å². The molecule has 0 spiro atoms. The summed E-state index contributed by atoms with van der Waals surface area (Å²) in [7, 11) is 0. The van der Waals surface area contributed by atoms with E-state index in [4.69, 9.17) is 34.8 Å². The molecule has 0 saturated carbocycles. The van der Waals surface area contributed by atoms with Crippen molar-refractivity contribution >= 4 is 46.9 Å². The highest BCUT2D eigenvalue weighted by atomic mass is 35.5. The summed E-state index contributed by atoms with van der Waals surface area (Å²) in [6, 6.07) is 6.19. The number of hydrazone groups is 1. The zero-order valence-corrected chi connectivity index (χ0v) is 16.1. The molecule has 0 fully saturated rings. The molecule has 1 aromatic carbocycles. The number of halogens is 3. The smallest absolute Gasteiger partial charge is 0.280 e. The quantitative estimate of drug-likeness (QED) is 0.495. The number of pyridine rings is 1. The fraction of sp³-hybridized carbons (Fsp3) is 0.0588. The van der Waals surface area contributed by atoms with Crippen LogP contribution in [0.2, 0.25) is 15.1 Å². The number of benzene rings is 1. The summed E-state index contributed by atoms with van der Waals surface area (Å²) < 4.78 is 1.20. The van der Waals surface area contributed by atoms with E-state index in [9.17, 15) is 9.59 Å². The first kappa shape index (κ1) is 19.2. The van der Waals surface area contributed by atoms with E-state index in [1.54, 1.807) is 25.3 Å². The number of nitrogens with zero attached hydrogens (tertiary/aromatic N) is 3. The summed E-state index contributed by atoms with van der Waals surface area (Å²) in [5.74, 6) is -0.448. The second-order valence-corrected chi connectivity index (χ2v) is 6.70. The number of H-pyrrole nitrogens is 1. The summed E-state index contributed by atoms with van der Waals surface area (Å²) >= 11 is 18.2. The Hall–Kier alpha value is -2.61. The Morgan fingerprint density at radius 2 is 2.00 bits per heavy atom. The molecule has 0 aliphatic rings. The van der Waals surface area contributed by atoms with Gasteiger partial charge in [0.05, 0.1) is 27.4 Å². The highest BCUT2D eigenvalue weighted by molar-refractivity contribution is 6.40. The van der Waals surface area contributed by atoms with Gasteiger partial charge in [0.15, 0.2) is 0 Å². The molecule has 2 aromatic heterocycles. The van der Waals surface area contributed by atoms with E-state index in [0.717, 1.165) is 0 Å². The summed E-state index contributed by atoms with van der Waals surface area (Å²) in [5.41, 5.74) is 3.28. The Balaban J connectivity index is 1.89. The van der Waals surface area contributed by atoms with E-state index < -0.39 is 11.5 Å². The van der Waals surface area contributed by atoms with Gasteiger partial charge in [-0.3, -0.25) is 19.7 Å². The van der Waals surface area contributed by atoms with Crippen LogP contribution in [0.5, 0.6) is 0 Å². The third-order valence-corrected chi connectivity index (χ3v) is 4.40. The SMILES string of the molecule is Cc1[nH]n(-c2c(Cl)cc(Cl)cc2Cl)c(=O)c1C=NNC(=O)c1cccnc1. The van der Waals surface area contributed by atoms with Crippen molar-refractivity contribution in [1.29, 1.82) is 0 Å². The van der Waals surface area contributed by atoms with Crippen molar-refractivity contribution in [2.24, 2.45) is 5.10 Å². The number of aromatic nitrogens is 3. The van der Waals surface area contributed by atoms with Gasteiger partial charge in [-0.1, -0.05) is 34.8 Å². The third kappa shape index (κ3) is 4.05. The average Bonchev–Trinajstić information content (AvgIpc) is 2.89. The molecule has 0 unspecified atom stereocenters. The monoisotopic (exact) mass is 423 g/mol. The molecular formula is C17H12Cl3N5O2. The first-order valence-corrected chi connectivity index (χ1v) is 8.72. The molecule has 0 aliphatic carbocycles. The molecule has 2 heterocycles. The van der Waals surface area contributed by atoms with Crippen molar-refractivity contribution in [3.63, 3.8) is 0 Å². The minimum Gasteiger partial charge on any atom is -0.295 e. The molecular weight excluding hydrogens is 413 g/mol. The van der Waals surface area contributed by atoms with Gasteiger partial charge in [-0.05, 0) is 31.2 Å². The van der Waals surface area contributed by atoms with Crippen molar-refractivity contribution in [3.05, 3.63) is 78.9 Å². The van der Waals surface area contributed by atoms with Crippen LogP contribution in [-0.2, 0) is 0 Å². The van der Waals surface area contributed by atoms with Crippen molar-refractivity contribution in [3.8, 4) is 5.69 Å². The molecule has 7 nitrogen and oxygen atoms in total. The topological polar surface area (TPSA) is 92.1 Å². The second kappa shape index (κ2) is 7.96. The Kier molecular flexibility index (Phi) is 5.65. The maximum absolute atomic E-state index is 12.7. The molecule has 10 heteroatoms. The number of aromatic amines is 1. The van der Waals surface area contributed by atoms with Gasteiger partial charge in [0.2, 0.25) is 0 Å². The standard InChI is InChI=1S/C17H12Cl3N5O2/c1-9-12(8-22-23-16(26)10-3-2-4-21-7-10)17(27)25(24-9)15-13(19)5-11(18)6-14(15)20/h2-8,24H,1H3,(H,23,26). The van der Waals surface area contributed by atoms with Crippen molar-refractivity contribution in [2.45, 2.75) is 6.92 Å². The van der Waals surface area contributed by atoms with Crippen LogP contribution in [0.4, 0.5) is 0 Å². The lowest BCUT2D eigenvalue weighted by atomic mass is 10.3. The molecule has 1 amide bonds. The van der Waals surface area contributed by atoms with Crippen molar-refractivity contribution in [2.75, 3.05) is 0 Å². The van der Waals surface area contributed by atoms with Gasteiger partial charge >= 0.3 is 0 Å². The molecule has 0 aliphatic heterocycles. The van der Waals surface area contributed by atoms with Gasteiger partial charge < -0.3 is 0 Å². The van der Waals surface area contributed by atoms with Crippen LogP contribution < -0.4 is 11.0 Å². The lowest BCUT2D eigenvalue weighted by Gasteiger charge is -2.07. The predicted molar refractivity (Wildman–Crippen MR) is 105 cm³/mol. The van der Waals surface area contributed by atoms with Crippen LogP contribution >= 0.6 is 34.8 Å². The Morgan fingerprint density at radius 1 is 1.30 bits per heavy atom. The van der Waals surface area contributed by atoms with Crippen LogP contribution in [0.1, 0.15) is 21.6 Å². The van der Waals surface area contributed by atoms with E-state index >= 15 is 0 Å². The van der Waals surface area contributed by atoms with Crippen LogP contribution in [0, 0.1) is 6.92 Å². The van der Waals surface area contributed by atoms with Crippen LogP contribution in [0.3, 0.4) is 0 Å². The zero-order chi connectivity index (χ0) is 19.6. The van der Waals surface area contributed by atoms with Gasteiger partial charge in [0.1, 0.15) is 5.69 Å². The van der Waals surface area contributed by atoms with Gasteiger partial charge in [0.25, 0.3) is 11.5 Å². The van der Waals surface area contributed by atoms with E-state index in [2.05, 4.69) is 20.6 Å². The van der Waals surface area contributed by atoms with Gasteiger partial charge in [0, 0.05) is 23.1 Å². The molecule has 0 bridgehead atoms. The zero-order valence-electron chi connectivity index (χ0n) is 13.8. The van der Waals surface area contributed by atoms with Crippen LogP contribution in [0.15, 0.2) is 46.6 Å². The van der Waals surface area contributed by atoms with E-state index in [1.807, 2.05) is 0 Å². The molecule has 138 valence electrons. The summed E-state index contributed by atoms with van der Waals surface area (Å²) in [4.78, 5) is 28.5. The van der Waals surface area contributed by atoms with Gasteiger partial charge in [-0.2, -0.15) is 5.10 Å². The number of carbonyl (C=O) groups is 1. The largest absolute Gasteiger partial charge is 0.295 e. The van der Waals surface area contributed by atoms with E-state index in [-0.39, 0.29) is 21.3 Å². The Morgan fingerprint density at radius 3 is 2.63 bits per heavy atom. The number of aryl methyl sites for hydroxylation is 1. The van der Waals surface area contributed by atoms with Crippen LogP contribution in [0.25, 0.3) is 5.69 Å². The molecule has 0 saturated heterocycles. The third-order valence-electron chi connectivity index (χ3n) is 3.61. The lowest BCUT2D eigenvalue weighted by Crippen LogP contribution is -2.20. The highest BCUT2D eigenvalue weighted by Gasteiger charge is 2.17. The normalized spacial score (nSPS) is 11.1. The maximum atomic E-state index is 12.7. The molecule has 0 radical (unpaired) electrons. The number of hydrogen-bond acceptors (Lipinski definition) is 4. The predicted octanol–water partition coefficient (Wildman–Crippen LogP) is 3.59. The van der Waals surface area contributed by atoms with Crippen molar-refractivity contribution < 1.29 is 4.79 Å². The first-order chi connectivity index (χ1) is 12.9. The number of rotatable bonds is 4. The van der Waals surface area contributed by atoms with E-state index in [0.29, 0.717) is 16.3 Å². The maximum Gasteiger partial charge on any atom is 0.280 e. The lowest BCUT2D eigenvalue weighted by molar-refractivity contribution is 0.0955. The minimum atomic E-state index is -0.448. The average molecular weight is 425 g/mol. The molecule has 3 rings (SSSR count). The fourth-order valence-electron chi connectivity index (χ4n) is 2.33. The van der Waals surface area contributed by atoms with Gasteiger partial charge in [-0.15, -0.1) is 0 Å². The molecule has 0 atom stereocenters. The van der Waals surface area contributed by atoms with E-state index in [1.165, 1.54) is 29.2 Å². The summed E-state index contributed by atoms with van der Waals surface area (Å²) in [5, 5.41) is 7.49. The van der Waals surface area contributed by atoms with Crippen LogP contribution in [-0.4, -0.2) is 26.9 Å². The van der Waals surface area contributed by atoms with Gasteiger partial charge in [-0.25, -0.2) is 10.1 Å². The number of nitrogens with one attached hydrogen (secondary N) is 2. The number of amides is 1. The van der Waals surface area contributed by atoms with Crippen molar-refractivity contribution in [1.82, 2.24) is 20.2 Å². The fourth-order valence-corrected chi connectivity index (χ4v) is 3.32. The molecule has 3 aromatic rings. The summed E-state index contributed by atoms with van der Waals surface area (Å²) in [6.07, 6.45) is 4.21. The highest BCUT2D eigenvalue weighted by Crippen LogP contribution is 2.31. The number of hydrogen-bond donors (Lipinski definition) is 2.